The Bertz CT molecular complexity index is 5480. The van der Waals surface area contributed by atoms with Gasteiger partial charge in [-0.1, -0.05) is 34.4 Å². The van der Waals surface area contributed by atoms with E-state index in [1.165, 1.54) is 79.5 Å². The summed E-state index contributed by atoms with van der Waals surface area (Å²) in [6.07, 6.45) is 1.98. The lowest BCUT2D eigenvalue weighted by Gasteiger charge is -2.62. The van der Waals surface area contributed by atoms with Crippen molar-refractivity contribution < 1.29 is 110 Å². The maximum Gasteiger partial charge on any atom is 0.331 e. The minimum Gasteiger partial charge on any atom is -0.504 e. The Kier molecular flexibility index (Phi) is 23.8. The van der Waals surface area contributed by atoms with Crippen LogP contribution in [0.3, 0.4) is 0 Å². The molecule has 8 bridgehead atoms. The molecule has 0 amide bonds. The molecule has 33 heteroatoms. The SMILES string of the molecule is C.C.C.COc1cc2c(cc1O)CCN[C@]21CS[C@@H]2c3c(OC(C)=O)c(C)c4c(c3[C@H](COC1=O)N1C2[C@H]2c3c(cc(C)c(OC)c3OC(C)=O)C[C@@H]([C@@H]1C#N)N2C)OCO4.COc1cc2c(cc1OC(C)=O)CCN[C@]21CS[C@@H]2c3c(OC(C)=O)c(C)c4c(c3[C@H](COC1=O)N1C2[C@H]2c3c(cc(C)c(OC)c3OC(C)=O)C[C@@H]([C@@H]1C#N)N2C)OCO4. The summed E-state index contributed by atoms with van der Waals surface area (Å²) < 4.78 is 90.7. The normalized spacial score (nSPS) is 26.8. The maximum atomic E-state index is 15.0. The zero-order valence-electron chi connectivity index (χ0n) is 68.3. The number of aromatic hydroxyl groups is 1. The number of rotatable bonds is 9. The van der Waals surface area contributed by atoms with Gasteiger partial charge >= 0.3 is 41.8 Å². The van der Waals surface area contributed by atoms with Crippen molar-refractivity contribution in [3.8, 4) is 92.6 Å². The molecule has 14 atom stereocenters. The number of aryl methyl sites for hydroxylation is 2. The zero-order valence-corrected chi connectivity index (χ0v) is 69.9. The lowest BCUT2D eigenvalue weighted by Crippen LogP contribution is -2.69. The number of nitriles is 2. The van der Waals surface area contributed by atoms with Gasteiger partial charge in [0.1, 0.15) is 36.8 Å². The topological polar surface area (TPSA) is 363 Å². The number of nitrogens with zero attached hydrogens (tertiary/aromatic N) is 6. The molecular weight excluding hydrogens is 1610 g/mol. The molecule has 20 rings (SSSR count). The first kappa shape index (κ1) is 87.6. The highest BCUT2D eigenvalue weighted by molar-refractivity contribution is 7.99. The Morgan fingerprint density at radius 1 is 0.475 bits per heavy atom. The van der Waals surface area contributed by atoms with Gasteiger partial charge in [-0.3, -0.25) is 54.2 Å². The molecule has 122 heavy (non-hydrogen) atoms. The largest absolute Gasteiger partial charge is 0.504 e. The van der Waals surface area contributed by atoms with Crippen molar-refractivity contribution in [3.63, 3.8) is 0 Å². The molecule has 31 nitrogen and oxygen atoms in total. The summed E-state index contributed by atoms with van der Waals surface area (Å²) in [4.78, 5) is 102. The van der Waals surface area contributed by atoms with Crippen molar-refractivity contribution in [2.75, 3.05) is 93.9 Å². The van der Waals surface area contributed by atoms with E-state index in [9.17, 15) is 49.2 Å². The van der Waals surface area contributed by atoms with Crippen LogP contribution in [0.4, 0.5) is 0 Å². The van der Waals surface area contributed by atoms with Gasteiger partial charge in [0.15, 0.2) is 80.1 Å². The average Bonchev–Trinajstić information content (AvgIpc) is 0.975. The van der Waals surface area contributed by atoms with Gasteiger partial charge in [0.25, 0.3) is 0 Å². The van der Waals surface area contributed by atoms with Gasteiger partial charge in [-0.05, 0) is 136 Å². The maximum absolute atomic E-state index is 15.0. The van der Waals surface area contributed by atoms with Crippen molar-refractivity contribution >= 4 is 65.3 Å². The Morgan fingerprint density at radius 2 is 0.861 bits per heavy atom. The first-order chi connectivity index (χ1) is 57.1. The van der Waals surface area contributed by atoms with E-state index in [1.54, 1.807) is 31.4 Å². The third kappa shape index (κ3) is 13.4. The summed E-state index contributed by atoms with van der Waals surface area (Å²) in [5.74, 6) is 1.01. The van der Waals surface area contributed by atoms with Gasteiger partial charge in [0.2, 0.25) is 13.6 Å². The van der Waals surface area contributed by atoms with Gasteiger partial charge in [0.05, 0.1) is 75.2 Å². The summed E-state index contributed by atoms with van der Waals surface area (Å²) in [7, 11) is 9.97. The number of phenols is 1. The number of hydrogen-bond donors (Lipinski definition) is 3. The smallest absolute Gasteiger partial charge is 0.331 e. The first-order valence-corrected chi connectivity index (χ1v) is 41.4. The minimum atomic E-state index is -1.43. The van der Waals surface area contributed by atoms with Crippen LogP contribution in [0.1, 0.15) is 181 Å². The van der Waals surface area contributed by atoms with E-state index in [4.69, 9.17) is 71.1 Å². The van der Waals surface area contributed by atoms with Crippen LogP contribution in [-0.4, -0.2) is 197 Å². The number of piperazine rings is 2. The highest BCUT2D eigenvalue weighted by Crippen LogP contribution is 2.68. The number of methoxy groups -OCH3 is 4. The molecular formula is C89H102N8O23S2. The van der Waals surface area contributed by atoms with Crippen LogP contribution in [0, 0.1) is 50.4 Å². The first-order valence-electron chi connectivity index (χ1n) is 39.3. The second kappa shape index (κ2) is 33.1. The predicted octanol–water partition coefficient (Wildman–Crippen LogP) is 10.5. The molecule has 648 valence electrons. The number of ether oxygens (including phenoxy) is 15. The van der Waals surface area contributed by atoms with Gasteiger partial charge in [-0.15, -0.1) is 23.5 Å². The monoisotopic (exact) mass is 1710 g/mol. The number of nitrogens with one attached hydrogen (secondary N) is 2. The molecule has 0 radical (unpaired) electrons. The molecule has 0 aliphatic carbocycles. The van der Waals surface area contributed by atoms with Crippen LogP contribution in [-0.2, 0) is 79.8 Å². The lowest BCUT2D eigenvalue weighted by molar-refractivity contribution is -0.158. The van der Waals surface area contributed by atoms with Gasteiger partial charge in [-0.2, -0.15) is 10.5 Å². The van der Waals surface area contributed by atoms with Gasteiger partial charge < -0.3 is 76.2 Å². The van der Waals surface area contributed by atoms with Gasteiger partial charge in [-0.25, -0.2) is 9.59 Å². The predicted molar refractivity (Wildman–Crippen MR) is 445 cm³/mol. The van der Waals surface area contributed by atoms with Crippen molar-refractivity contribution in [2.45, 2.75) is 192 Å². The number of thioether (sulfide) groups is 2. The van der Waals surface area contributed by atoms with E-state index in [-0.39, 0.29) is 95.7 Å². The highest BCUT2D eigenvalue weighted by atomic mass is 32.2. The van der Waals surface area contributed by atoms with E-state index in [0.717, 1.165) is 44.5 Å². The molecule has 0 saturated carbocycles. The standard InChI is InChI=1S/C44H46N4O12S.C42H44N4O11S.3CH4/c1-19-11-25-12-27-28(15-45)48-29-16-55-43(52)44(26-14-30(53-7)31(58-21(3)49)13-24(26)9-10-46-44)17-61-42(34-33(29)40-39(56-18-57-40)20(2)38(34)59-22(4)50)36(48)35(47(27)6)32(25)41(37(19)54-8)60-23(5)51;1-18-10-23-11-25-26(14-43)46-27-15-53-41(50)42(24-13-29(51-6)28(49)12-22(24)8-9-44-42)16-58-40(32-31(27)38-37(54-17-55-38)19(2)36(32)56-20(3)47)34(46)33(45(25)5)30(23)39(35(18)52-7)57-21(4)48;;;/h11,13-14,27-29,35-36,42,46H,9-10,12,16-18H2,1-8H3;10,12-13,25-27,33-34,40,44,49H,8-9,11,15-17H2,1-7H3;3*1H4/t27-,28-,29-,35+,36?,42+,44+;25-,26-,27-,33+,34?,40+,42+;;;/m00.../s1. The lowest BCUT2D eigenvalue weighted by atomic mass is 9.71. The molecule has 14 aliphatic heterocycles. The molecule has 6 aromatic rings. The second-order valence-electron chi connectivity index (χ2n) is 31.9. The Labute approximate surface area is 716 Å². The fourth-order valence-corrected chi connectivity index (χ4v) is 24.4. The number of esters is 7. The number of hydrogen-bond acceptors (Lipinski definition) is 33. The fraction of sp³-hybridized carbons (Fsp3) is 0.494. The van der Waals surface area contributed by atoms with Crippen LogP contribution in [0.25, 0.3) is 0 Å². The molecule has 2 unspecified atom stereocenters. The molecule has 14 aliphatic rings. The fourth-order valence-electron chi connectivity index (χ4n) is 21.0. The Morgan fingerprint density at radius 3 is 1.25 bits per heavy atom. The number of carbonyl (C=O) groups is 7. The number of phenolic OH excluding ortho intramolecular Hbond substituents is 1. The summed E-state index contributed by atoms with van der Waals surface area (Å²) in [6.45, 7) is 14.4. The van der Waals surface area contributed by atoms with Crippen LogP contribution in [0.2, 0.25) is 0 Å². The minimum absolute atomic E-state index is 0. The number of likely N-dealkylation sites (N-methyl/N-ethyl adjacent to an activating group) is 2. The molecule has 3 N–H and O–H groups in total. The van der Waals surface area contributed by atoms with Crippen LogP contribution < -0.4 is 72.2 Å². The summed E-state index contributed by atoms with van der Waals surface area (Å²) in [5.41, 5.74) is 8.58. The van der Waals surface area contributed by atoms with E-state index in [1.807, 2.05) is 53.9 Å². The third-order valence-electron chi connectivity index (χ3n) is 25.6. The summed E-state index contributed by atoms with van der Waals surface area (Å²) >= 11 is 2.92. The number of benzene rings is 6. The molecule has 14 heterocycles. The second-order valence-corrected chi connectivity index (χ2v) is 34.2. The van der Waals surface area contributed by atoms with Crippen LogP contribution >= 0.6 is 23.5 Å². The zero-order chi connectivity index (χ0) is 84.2. The van der Waals surface area contributed by atoms with E-state index >= 15 is 0 Å². The number of fused-ring (bicyclic) bond motifs is 18. The van der Waals surface area contributed by atoms with Crippen molar-refractivity contribution in [1.29, 1.82) is 10.5 Å². The quantitative estimate of drug-likeness (QED) is 0.0894. The van der Waals surface area contributed by atoms with E-state index in [0.29, 0.717) is 141 Å². The molecule has 2 spiro atoms. The third-order valence-corrected chi connectivity index (χ3v) is 28.5. The van der Waals surface area contributed by atoms with Crippen LogP contribution in [0.5, 0.6) is 80.5 Å². The van der Waals surface area contributed by atoms with Crippen LogP contribution in [0.15, 0.2) is 36.4 Å². The van der Waals surface area contributed by atoms with Gasteiger partial charge in [0, 0.05) is 128 Å². The molecule has 4 saturated heterocycles. The molecule has 4 fully saturated rings. The Balaban J connectivity index is 0.000000195. The highest BCUT2D eigenvalue weighted by Gasteiger charge is 2.65. The number of carbonyl (C=O) groups excluding carboxylic acids is 7. The average molecular weight is 1720 g/mol. The summed E-state index contributed by atoms with van der Waals surface area (Å²) in [6, 6.07) is 10.2. The molecule has 0 aromatic heterocycles. The van der Waals surface area contributed by atoms with Crippen molar-refractivity contribution in [1.82, 2.24) is 30.2 Å². The van der Waals surface area contributed by atoms with E-state index in [2.05, 4.69) is 42.4 Å². The van der Waals surface area contributed by atoms with Crippen molar-refractivity contribution in [2.24, 2.45) is 0 Å². The molecule has 6 aromatic carbocycles. The summed E-state index contributed by atoms with van der Waals surface area (Å²) in [5, 5.41) is 39.1. The van der Waals surface area contributed by atoms with Crippen molar-refractivity contribution in [3.05, 3.63) is 125 Å². The van der Waals surface area contributed by atoms with E-state index < -0.39 is 112 Å². The Hall–Kier alpha value is -10.8.